The number of aryl methyl sites for hydroxylation is 2. The van der Waals surface area contributed by atoms with Crippen molar-refractivity contribution in [2.75, 3.05) is 5.32 Å². The number of nitrogens with one attached hydrogen (secondary N) is 2. The average molecular weight is 430 g/mol. The van der Waals surface area contributed by atoms with E-state index in [-0.39, 0.29) is 18.2 Å². The van der Waals surface area contributed by atoms with Crippen molar-refractivity contribution in [1.29, 1.82) is 0 Å². The van der Waals surface area contributed by atoms with E-state index in [1.165, 1.54) is 0 Å². The van der Waals surface area contributed by atoms with Crippen LogP contribution in [0.4, 0.5) is 5.69 Å². The van der Waals surface area contributed by atoms with Crippen LogP contribution in [0.1, 0.15) is 58.3 Å². The molecule has 0 saturated carbocycles. The SMILES string of the molecule is CCc1ccccc1NC(=O)c1oc2c(c1C)/C(=N/NC(=O)Cc1ccccc1)CCC2. The standard InChI is InChI=1S/C26H27N3O3/c1-3-19-12-7-8-13-20(19)27-26(31)25-17(2)24-21(14-9-15-22(24)32-25)28-29-23(30)16-18-10-5-4-6-11-18/h4-8,10-13H,3,9,14-16H2,1-2H3,(H,27,31)(H,29,30)/b28-21+. The third-order valence-electron chi connectivity index (χ3n) is 5.70. The summed E-state index contributed by atoms with van der Waals surface area (Å²) in [5, 5.41) is 7.37. The zero-order chi connectivity index (χ0) is 22.5. The Labute approximate surface area is 187 Å². The molecule has 1 heterocycles. The van der Waals surface area contributed by atoms with Gasteiger partial charge >= 0.3 is 0 Å². The van der Waals surface area contributed by atoms with Crippen LogP contribution in [-0.2, 0) is 24.1 Å². The number of rotatable bonds is 6. The lowest BCUT2D eigenvalue weighted by Gasteiger charge is -2.13. The predicted molar refractivity (Wildman–Crippen MR) is 125 cm³/mol. The van der Waals surface area contributed by atoms with Gasteiger partial charge in [-0.3, -0.25) is 9.59 Å². The van der Waals surface area contributed by atoms with Gasteiger partial charge in [0, 0.05) is 23.2 Å². The van der Waals surface area contributed by atoms with Crippen LogP contribution < -0.4 is 10.7 Å². The largest absolute Gasteiger partial charge is 0.455 e. The fourth-order valence-electron chi connectivity index (χ4n) is 4.08. The van der Waals surface area contributed by atoms with Crippen molar-refractivity contribution in [3.63, 3.8) is 0 Å². The molecule has 164 valence electrons. The quantitative estimate of drug-likeness (QED) is 0.552. The molecule has 0 bridgehead atoms. The van der Waals surface area contributed by atoms with E-state index in [1.54, 1.807) is 0 Å². The Morgan fingerprint density at radius 2 is 1.78 bits per heavy atom. The molecule has 2 aromatic carbocycles. The van der Waals surface area contributed by atoms with Crippen molar-refractivity contribution >= 4 is 23.2 Å². The molecule has 0 aliphatic heterocycles. The van der Waals surface area contributed by atoms with Gasteiger partial charge in [-0.2, -0.15) is 5.10 Å². The van der Waals surface area contributed by atoms with Crippen molar-refractivity contribution in [1.82, 2.24) is 5.43 Å². The highest BCUT2D eigenvalue weighted by atomic mass is 16.4. The van der Waals surface area contributed by atoms with E-state index in [0.29, 0.717) is 5.76 Å². The van der Waals surface area contributed by atoms with Crippen molar-refractivity contribution in [2.24, 2.45) is 5.10 Å². The molecule has 0 saturated heterocycles. The summed E-state index contributed by atoms with van der Waals surface area (Å²) in [5.74, 6) is 0.598. The number of furan rings is 1. The highest BCUT2D eigenvalue weighted by Crippen LogP contribution is 2.30. The fraction of sp³-hybridized carbons (Fsp3) is 0.269. The number of nitrogens with zero attached hydrogens (tertiary/aromatic N) is 1. The lowest BCUT2D eigenvalue weighted by Crippen LogP contribution is -2.23. The van der Waals surface area contributed by atoms with Crippen molar-refractivity contribution in [2.45, 2.75) is 46.0 Å². The van der Waals surface area contributed by atoms with E-state index in [0.717, 1.165) is 65.1 Å². The predicted octanol–water partition coefficient (Wildman–Crippen LogP) is 4.80. The molecule has 1 aliphatic rings. The molecule has 4 rings (SSSR count). The van der Waals surface area contributed by atoms with Gasteiger partial charge in [-0.15, -0.1) is 0 Å². The average Bonchev–Trinajstić information content (AvgIpc) is 3.16. The molecule has 3 aromatic rings. The Hall–Kier alpha value is -3.67. The third-order valence-corrected chi connectivity index (χ3v) is 5.70. The van der Waals surface area contributed by atoms with Crippen LogP contribution >= 0.6 is 0 Å². The molecule has 2 amide bonds. The Balaban J connectivity index is 1.53. The first-order valence-corrected chi connectivity index (χ1v) is 11.0. The fourth-order valence-corrected chi connectivity index (χ4v) is 4.08. The molecule has 0 radical (unpaired) electrons. The molecule has 0 fully saturated rings. The van der Waals surface area contributed by atoms with Crippen LogP contribution in [0.2, 0.25) is 0 Å². The minimum absolute atomic E-state index is 0.175. The molecule has 6 nitrogen and oxygen atoms in total. The third kappa shape index (κ3) is 4.64. The van der Waals surface area contributed by atoms with Gasteiger partial charge in [0.15, 0.2) is 5.76 Å². The molecule has 2 N–H and O–H groups in total. The summed E-state index contributed by atoms with van der Waals surface area (Å²) in [6, 6.07) is 17.3. The normalized spacial score (nSPS) is 14.1. The number of carbonyl (C=O) groups excluding carboxylic acids is 2. The minimum Gasteiger partial charge on any atom is -0.455 e. The number of hydrogen-bond acceptors (Lipinski definition) is 4. The Bertz CT molecular complexity index is 1160. The smallest absolute Gasteiger partial charge is 0.291 e. The molecule has 0 atom stereocenters. The first kappa shape index (κ1) is 21.6. The van der Waals surface area contributed by atoms with Crippen LogP contribution in [0.15, 0.2) is 64.1 Å². The topological polar surface area (TPSA) is 83.7 Å². The van der Waals surface area contributed by atoms with Gasteiger partial charge in [-0.05, 0) is 43.4 Å². The molecule has 32 heavy (non-hydrogen) atoms. The van der Waals surface area contributed by atoms with Gasteiger partial charge < -0.3 is 9.73 Å². The number of para-hydroxylation sites is 1. The molecular formula is C26H27N3O3. The Morgan fingerprint density at radius 3 is 2.56 bits per heavy atom. The first-order chi connectivity index (χ1) is 15.6. The first-order valence-electron chi connectivity index (χ1n) is 11.0. The Morgan fingerprint density at radius 1 is 1.03 bits per heavy atom. The maximum Gasteiger partial charge on any atom is 0.291 e. The van der Waals surface area contributed by atoms with E-state index in [1.807, 2.05) is 61.5 Å². The summed E-state index contributed by atoms with van der Waals surface area (Å²) in [4.78, 5) is 25.3. The van der Waals surface area contributed by atoms with Gasteiger partial charge in [0.25, 0.3) is 5.91 Å². The Kier molecular flexibility index (Phi) is 6.50. The van der Waals surface area contributed by atoms with Gasteiger partial charge in [-0.1, -0.05) is 55.5 Å². The van der Waals surface area contributed by atoms with Gasteiger partial charge in [0.2, 0.25) is 5.91 Å². The van der Waals surface area contributed by atoms with Crippen LogP contribution in [0.3, 0.4) is 0 Å². The summed E-state index contributed by atoms with van der Waals surface area (Å²) in [6.45, 7) is 3.92. The number of hydrazone groups is 1. The summed E-state index contributed by atoms with van der Waals surface area (Å²) in [6.07, 6.45) is 3.40. The highest BCUT2D eigenvalue weighted by Gasteiger charge is 2.28. The zero-order valence-electron chi connectivity index (χ0n) is 18.4. The molecule has 0 spiro atoms. The van der Waals surface area contributed by atoms with Gasteiger partial charge in [-0.25, -0.2) is 5.43 Å². The van der Waals surface area contributed by atoms with Crippen LogP contribution in [0.5, 0.6) is 0 Å². The number of benzene rings is 2. The number of anilines is 1. The van der Waals surface area contributed by atoms with E-state index in [9.17, 15) is 9.59 Å². The maximum atomic E-state index is 13.0. The number of carbonyl (C=O) groups is 2. The van der Waals surface area contributed by atoms with E-state index in [2.05, 4.69) is 22.8 Å². The minimum atomic E-state index is -0.273. The summed E-state index contributed by atoms with van der Waals surface area (Å²) < 4.78 is 5.97. The van der Waals surface area contributed by atoms with Crippen molar-refractivity contribution in [3.8, 4) is 0 Å². The number of amides is 2. The molecule has 1 aliphatic carbocycles. The van der Waals surface area contributed by atoms with E-state index in [4.69, 9.17) is 4.42 Å². The van der Waals surface area contributed by atoms with Crippen LogP contribution in [0, 0.1) is 6.92 Å². The lowest BCUT2D eigenvalue weighted by atomic mass is 9.93. The van der Waals surface area contributed by atoms with Crippen molar-refractivity contribution in [3.05, 3.63) is 88.4 Å². The van der Waals surface area contributed by atoms with Crippen molar-refractivity contribution < 1.29 is 14.0 Å². The monoisotopic (exact) mass is 429 g/mol. The van der Waals surface area contributed by atoms with Crippen LogP contribution in [0.25, 0.3) is 0 Å². The summed E-state index contributed by atoms with van der Waals surface area (Å²) >= 11 is 0. The number of hydrogen-bond donors (Lipinski definition) is 2. The van der Waals surface area contributed by atoms with E-state index >= 15 is 0 Å². The summed E-state index contributed by atoms with van der Waals surface area (Å²) in [7, 11) is 0. The molecule has 0 unspecified atom stereocenters. The lowest BCUT2D eigenvalue weighted by molar-refractivity contribution is -0.120. The second-order valence-electron chi connectivity index (χ2n) is 7.93. The molecule has 1 aromatic heterocycles. The zero-order valence-corrected chi connectivity index (χ0v) is 18.4. The molecular weight excluding hydrogens is 402 g/mol. The van der Waals surface area contributed by atoms with Crippen LogP contribution in [-0.4, -0.2) is 17.5 Å². The second kappa shape index (κ2) is 9.64. The number of fused-ring (bicyclic) bond motifs is 1. The van der Waals surface area contributed by atoms with Gasteiger partial charge in [0.1, 0.15) is 5.76 Å². The summed E-state index contributed by atoms with van der Waals surface area (Å²) in [5.41, 5.74) is 7.80. The second-order valence-corrected chi connectivity index (χ2v) is 7.93. The highest BCUT2D eigenvalue weighted by molar-refractivity contribution is 6.09. The van der Waals surface area contributed by atoms with Gasteiger partial charge in [0.05, 0.1) is 12.1 Å². The maximum absolute atomic E-state index is 13.0. The molecule has 6 heteroatoms. The van der Waals surface area contributed by atoms with E-state index < -0.39 is 0 Å².